The number of anilines is 1. The first-order valence-corrected chi connectivity index (χ1v) is 9.98. The van der Waals surface area contributed by atoms with Gasteiger partial charge in [-0.25, -0.2) is 18.2 Å². The quantitative estimate of drug-likeness (QED) is 0.594. The third kappa shape index (κ3) is 5.82. The molecule has 0 fully saturated rings. The molecule has 0 aliphatic heterocycles. The van der Waals surface area contributed by atoms with Crippen molar-refractivity contribution < 1.29 is 22.7 Å². The first-order valence-electron chi connectivity index (χ1n) is 7.55. The second-order valence-corrected chi connectivity index (χ2v) is 8.14. The van der Waals surface area contributed by atoms with Crippen LogP contribution in [-0.4, -0.2) is 37.6 Å². The largest absolute Gasteiger partial charge is 0.449 e. The maximum atomic E-state index is 12.1. The zero-order valence-electron chi connectivity index (χ0n) is 14.1. The number of nitrogens with one attached hydrogen (secondary N) is 1. The smallest absolute Gasteiger partial charge is 0.338 e. The van der Waals surface area contributed by atoms with E-state index in [2.05, 4.69) is 10.3 Å². The summed E-state index contributed by atoms with van der Waals surface area (Å²) in [6.45, 7) is 1.43. The van der Waals surface area contributed by atoms with Gasteiger partial charge in [-0.3, -0.25) is 4.79 Å². The van der Waals surface area contributed by atoms with Gasteiger partial charge in [0.05, 0.1) is 17.0 Å². The number of nitrogens with zero attached hydrogens (tertiary/aromatic N) is 1. The summed E-state index contributed by atoms with van der Waals surface area (Å²) in [6.07, 6.45) is 1.55. The Kier molecular flexibility index (Phi) is 6.33. The van der Waals surface area contributed by atoms with Crippen LogP contribution >= 0.6 is 11.6 Å². The van der Waals surface area contributed by atoms with Crippen molar-refractivity contribution in [1.29, 1.82) is 0 Å². The highest BCUT2D eigenvalue weighted by Crippen LogP contribution is 2.18. The normalized spacial score (nSPS) is 12.3. The lowest BCUT2D eigenvalue weighted by atomic mass is 10.1. The van der Waals surface area contributed by atoms with Crippen LogP contribution in [0.4, 0.5) is 5.69 Å². The number of hydrogen-bond donors (Lipinski definition) is 1. The van der Waals surface area contributed by atoms with Crippen molar-refractivity contribution in [2.75, 3.05) is 11.6 Å². The number of benzene rings is 1. The number of ether oxygens (including phenoxy) is 1. The molecule has 1 heterocycles. The Morgan fingerprint density at radius 3 is 2.46 bits per heavy atom. The van der Waals surface area contributed by atoms with Crippen molar-refractivity contribution in [3.05, 3.63) is 58.9 Å². The van der Waals surface area contributed by atoms with E-state index in [0.29, 0.717) is 11.3 Å². The van der Waals surface area contributed by atoms with Crippen LogP contribution in [-0.2, 0) is 25.1 Å². The van der Waals surface area contributed by atoms with E-state index in [9.17, 15) is 18.0 Å². The minimum absolute atomic E-state index is 0.118. The summed E-state index contributed by atoms with van der Waals surface area (Å²) in [5, 5.41) is 2.65. The van der Waals surface area contributed by atoms with Crippen molar-refractivity contribution in [3.8, 4) is 0 Å². The van der Waals surface area contributed by atoms with Crippen LogP contribution in [0.2, 0.25) is 5.15 Å². The maximum Gasteiger partial charge on any atom is 0.338 e. The average molecular weight is 397 g/mol. The molecule has 2 aromatic rings. The van der Waals surface area contributed by atoms with Crippen LogP contribution in [0.25, 0.3) is 0 Å². The van der Waals surface area contributed by atoms with Gasteiger partial charge in [-0.1, -0.05) is 23.7 Å². The molecule has 0 aliphatic carbocycles. The van der Waals surface area contributed by atoms with Crippen molar-refractivity contribution in [2.45, 2.75) is 18.8 Å². The fraction of sp³-hybridized carbons (Fsp3) is 0.235. The number of carbonyl (C=O) groups is 2. The Morgan fingerprint density at radius 1 is 1.23 bits per heavy atom. The van der Waals surface area contributed by atoms with Gasteiger partial charge in [0.2, 0.25) is 0 Å². The van der Waals surface area contributed by atoms with Gasteiger partial charge in [0.25, 0.3) is 5.91 Å². The minimum Gasteiger partial charge on any atom is -0.449 e. The summed E-state index contributed by atoms with van der Waals surface area (Å²) in [5.41, 5.74) is 1.08. The second kappa shape index (κ2) is 8.29. The molecule has 0 radical (unpaired) electrons. The number of hydrogen-bond acceptors (Lipinski definition) is 6. The Labute approximate surface area is 156 Å². The zero-order valence-corrected chi connectivity index (χ0v) is 15.7. The molecular formula is C17H17ClN2O5S. The monoisotopic (exact) mass is 396 g/mol. The number of esters is 1. The third-order valence-corrected chi connectivity index (χ3v) is 4.45. The summed E-state index contributed by atoms with van der Waals surface area (Å²) in [7, 11) is -3.16. The maximum absolute atomic E-state index is 12.1. The fourth-order valence-electron chi connectivity index (χ4n) is 2.04. The number of halogens is 1. The van der Waals surface area contributed by atoms with Crippen LogP contribution < -0.4 is 5.32 Å². The topological polar surface area (TPSA) is 102 Å². The highest BCUT2D eigenvalue weighted by atomic mass is 35.5. The standard InChI is InChI=1S/C17H17ClN2O5S/c1-11(16(21)20-14-4-3-9-19-15(14)18)25-17(22)13-7-5-12(6-8-13)10-26(2,23)24/h3-9,11H,10H2,1-2H3,(H,20,21)/t11-/m1/s1. The third-order valence-electron chi connectivity index (χ3n) is 3.29. The average Bonchev–Trinajstić information content (AvgIpc) is 2.56. The lowest BCUT2D eigenvalue weighted by Crippen LogP contribution is -2.30. The predicted octanol–water partition coefficient (Wildman–Crippen LogP) is 2.46. The lowest BCUT2D eigenvalue weighted by Gasteiger charge is -2.14. The van der Waals surface area contributed by atoms with Crippen LogP contribution in [0.1, 0.15) is 22.8 Å². The second-order valence-electron chi connectivity index (χ2n) is 5.65. The number of amides is 1. The molecule has 0 spiro atoms. The highest BCUT2D eigenvalue weighted by molar-refractivity contribution is 7.89. The van der Waals surface area contributed by atoms with Crippen molar-refractivity contribution >= 4 is 39.0 Å². The Hall–Kier alpha value is -2.45. The Morgan fingerprint density at radius 2 is 1.88 bits per heavy atom. The molecule has 0 bridgehead atoms. The predicted molar refractivity (Wildman–Crippen MR) is 97.7 cm³/mol. The molecule has 26 heavy (non-hydrogen) atoms. The zero-order chi connectivity index (χ0) is 19.3. The summed E-state index contributed by atoms with van der Waals surface area (Å²) >= 11 is 5.86. The van der Waals surface area contributed by atoms with Gasteiger partial charge in [-0.05, 0) is 36.8 Å². The molecule has 0 saturated heterocycles. The van der Waals surface area contributed by atoms with E-state index in [0.717, 1.165) is 6.26 Å². The van der Waals surface area contributed by atoms with E-state index in [1.807, 2.05) is 0 Å². The Bertz CT molecular complexity index is 913. The van der Waals surface area contributed by atoms with E-state index < -0.39 is 27.8 Å². The molecule has 1 amide bonds. The molecule has 7 nitrogen and oxygen atoms in total. The molecule has 0 saturated carbocycles. The van der Waals surface area contributed by atoms with Gasteiger partial charge in [0, 0.05) is 12.5 Å². The van der Waals surface area contributed by atoms with Crippen LogP contribution in [0.5, 0.6) is 0 Å². The molecular weight excluding hydrogens is 380 g/mol. The number of aromatic nitrogens is 1. The molecule has 138 valence electrons. The molecule has 1 atom stereocenters. The minimum atomic E-state index is -3.16. The molecule has 9 heteroatoms. The van der Waals surface area contributed by atoms with E-state index in [1.54, 1.807) is 12.1 Å². The molecule has 1 N–H and O–H groups in total. The van der Waals surface area contributed by atoms with Gasteiger partial charge >= 0.3 is 5.97 Å². The van der Waals surface area contributed by atoms with E-state index in [1.165, 1.54) is 37.4 Å². The lowest BCUT2D eigenvalue weighted by molar-refractivity contribution is -0.123. The summed E-state index contributed by atoms with van der Waals surface area (Å²) < 4.78 is 27.6. The first kappa shape index (κ1) is 19.9. The number of rotatable bonds is 6. The SMILES string of the molecule is C[C@@H](OC(=O)c1ccc(CS(C)(=O)=O)cc1)C(=O)Nc1cccnc1Cl. The summed E-state index contributed by atoms with van der Waals surface area (Å²) in [5.74, 6) is -1.37. The van der Waals surface area contributed by atoms with Crippen LogP contribution in [0, 0.1) is 0 Å². The van der Waals surface area contributed by atoms with E-state index in [4.69, 9.17) is 16.3 Å². The fourth-order valence-corrected chi connectivity index (χ4v) is 3.00. The van der Waals surface area contributed by atoms with Crippen LogP contribution in [0.3, 0.4) is 0 Å². The molecule has 1 aromatic heterocycles. The Balaban J connectivity index is 1.98. The van der Waals surface area contributed by atoms with Crippen molar-refractivity contribution in [1.82, 2.24) is 4.98 Å². The number of carbonyl (C=O) groups excluding carboxylic acids is 2. The first-order chi connectivity index (χ1) is 12.2. The van der Waals surface area contributed by atoms with Crippen molar-refractivity contribution in [3.63, 3.8) is 0 Å². The van der Waals surface area contributed by atoms with Gasteiger partial charge in [0.15, 0.2) is 21.1 Å². The van der Waals surface area contributed by atoms with Gasteiger partial charge < -0.3 is 10.1 Å². The molecule has 0 aliphatic rings. The van der Waals surface area contributed by atoms with Gasteiger partial charge in [-0.2, -0.15) is 0 Å². The van der Waals surface area contributed by atoms with E-state index in [-0.39, 0.29) is 16.5 Å². The van der Waals surface area contributed by atoms with Gasteiger partial charge in [-0.15, -0.1) is 0 Å². The molecule has 0 unspecified atom stereocenters. The van der Waals surface area contributed by atoms with Gasteiger partial charge in [0.1, 0.15) is 0 Å². The number of pyridine rings is 1. The summed E-state index contributed by atoms with van der Waals surface area (Å²) in [4.78, 5) is 28.1. The molecule has 2 rings (SSSR count). The highest BCUT2D eigenvalue weighted by Gasteiger charge is 2.20. The number of sulfone groups is 1. The summed E-state index contributed by atoms with van der Waals surface area (Å²) in [6, 6.07) is 9.13. The van der Waals surface area contributed by atoms with E-state index >= 15 is 0 Å². The van der Waals surface area contributed by atoms with Crippen LogP contribution in [0.15, 0.2) is 42.6 Å². The van der Waals surface area contributed by atoms with Crippen molar-refractivity contribution in [2.24, 2.45) is 0 Å². The molecule has 1 aromatic carbocycles.